The number of fused-ring (bicyclic) bond motifs is 5. The van der Waals surface area contributed by atoms with E-state index in [1.54, 1.807) is 0 Å². The average molecular weight is 165 g/mol. The zero-order chi connectivity index (χ0) is 8.29. The number of amides is 2. The summed E-state index contributed by atoms with van der Waals surface area (Å²) in [6.07, 6.45) is 3.41. The summed E-state index contributed by atoms with van der Waals surface area (Å²) < 4.78 is 5.39. The Labute approximate surface area is 68.6 Å². The van der Waals surface area contributed by atoms with Gasteiger partial charge in [0.05, 0.1) is 24.0 Å². The molecule has 0 aromatic heterocycles. The molecule has 1 N–H and O–H groups in total. The third-order valence-electron chi connectivity index (χ3n) is 2.75. The van der Waals surface area contributed by atoms with E-state index in [1.165, 1.54) is 0 Å². The van der Waals surface area contributed by atoms with Gasteiger partial charge in [0.15, 0.2) is 0 Å². The van der Waals surface area contributed by atoms with Crippen LogP contribution >= 0.6 is 0 Å². The van der Waals surface area contributed by atoms with Crippen LogP contribution in [0, 0.1) is 11.8 Å². The summed E-state index contributed by atoms with van der Waals surface area (Å²) in [7, 11) is 0. The number of imide groups is 1. The monoisotopic (exact) mass is 165 g/mol. The quantitative estimate of drug-likeness (QED) is 0.378. The van der Waals surface area contributed by atoms with Crippen molar-refractivity contribution in [1.82, 2.24) is 5.32 Å². The normalized spacial score (nSPS) is 48.3. The van der Waals surface area contributed by atoms with Crippen molar-refractivity contribution in [3.63, 3.8) is 0 Å². The van der Waals surface area contributed by atoms with E-state index in [0.717, 1.165) is 0 Å². The maximum atomic E-state index is 11.2. The van der Waals surface area contributed by atoms with E-state index in [2.05, 4.69) is 5.32 Å². The summed E-state index contributed by atoms with van der Waals surface area (Å²) >= 11 is 0. The van der Waals surface area contributed by atoms with Gasteiger partial charge in [-0.25, -0.2) is 0 Å². The van der Waals surface area contributed by atoms with Gasteiger partial charge in [-0.15, -0.1) is 0 Å². The van der Waals surface area contributed by atoms with Crippen LogP contribution < -0.4 is 5.32 Å². The molecule has 3 aliphatic rings. The maximum absolute atomic E-state index is 11.2. The highest BCUT2D eigenvalue weighted by Crippen LogP contribution is 2.41. The summed E-state index contributed by atoms with van der Waals surface area (Å²) in [5, 5.41) is 2.32. The number of ether oxygens (including phenoxy) is 1. The van der Waals surface area contributed by atoms with Gasteiger partial charge in [0.25, 0.3) is 0 Å². The van der Waals surface area contributed by atoms with Gasteiger partial charge in [-0.2, -0.15) is 0 Å². The molecule has 0 aromatic carbocycles. The van der Waals surface area contributed by atoms with Crippen molar-refractivity contribution in [2.24, 2.45) is 11.8 Å². The first-order valence-corrected chi connectivity index (χ1v) is 3.96. The van der Waals surface area contributed by atoms with Crippen LogP contribution in [0.3, 0.4) is 0 Å². The van der Waals surface area contributed by atoms with Gasteiger partial charge >= 0.3 is 0 Å². The van der Waals surface area contributed by atoms with Crippen LogP contribution in [0.1, 0.15) is 0 Å². The Kier molecular flexibility index (Phi) is 0.939. The molecule has 0 radical (unpaired) electrons. The van der Waals surface area contributed by atoms with Crippen LogP contribution in [0.2, 0.25) is 0 Å². The minimum atomic E-state index is -0.257. The summed E-state index contributed by atoms with van der Waals surface area (Å²) in [6.45, 7) is 0. The van der Waals surface area contributed by atoms with E-state index in [0.29, 0.717) is 0 Å². The van der Waals surface area contributed by atoms with Crippen LogP contribution in [0.4, 0.5) is 0 Å². The molecule has 3 aliphatic heterocycles. The average Bonchev–Trinajstić information content (AvgIpc) is 2.64. The number of hydrogen-bond acceptors (Lipinski definition) is 3. The highest BCUT2D eigenvalue weighted by atomic mass is 16.5. The Morgan fingerprint density at radius 3 is 2.08 bits per heavy atom. The van der Waals surface area contributed by atoms with Crippen LogP contribution in [0.15, 0.2) is 12.2 Å². The zero-order valence-electron chi connectivity index (χ0n) is 6.19. The van der Waals surface area contributed by atoms with E-state index in [4.69, 9.17) is 4.74 Å². The Morgan fingerprint density at radius 2 is 1.58 bits per heavy atom. The van der Waals surface area contributed by atoms with E-state index in [-0.39, 0.29) is 35.9 Å². The van der Waals surface area contributed by atoms with Gasteiger partial charge in [0, 0.05) is 0 Å². The predicted octanol–water partition coefficient (Wildman–Crippen LogP) is -0.788. The van der Waals surface area contributed by atoms with Crippen molar-refractivity contribution < 1.29 is 14.3 Å². The lowest BCUT2D eigenvalue weighted by atomic mass is 9.85. The minimum Gasteiger partial charge on any atom is -0.365 e. The van der Waals surface area contributed by atoms with Crippen molar-refractivity contribution in [3.8, 4) is 0 Å². The van der Waals surface area contributed by atoms with Crippen molar-refractivity contribution in [3.05, 3.63) is 12.2 Å². The van der Waals surface area contributed by atoms with Gasteiger partial charge < -0.3 is 4.74 Å². The lowest BCUT2D eigenvalue weighted by Crippen LogP contribution is -2.27. The second-order valence-corrected chi connectivity index (χ2v) is 3.36. The third kappa shape index (κ3) is 0.536. The van der Waals surface area contributed by atoms with Gasteiger partial charge in [-0.05, 0) is 0 Å². The fourth-order valence-corrected chi connectivity index (χ4v) is 2.22. The second-order valence-electron chi connectivity index (χ2n) is 3.36. The lowest BCUT2D eigenvalue weighted by molar-refractivity contribution is -0.128. The molecule has 4 heteroatoms. The molecule has 3 heterocycles. The minimum absolute atomic E-state index is 0.161. The number of hydrogen-bond donors (Lipinski definition) is 1. The lowest BCUT2D eigenvalue weighted by Gasteiger charge is -2.10. The smallest absolute Gasteiger partial charge is 0.233 e. The van der Waals surface area contributed by atoms with Crippen molar-refractivity contribution in [1.29, 1.82) is 0 Å². The number of rotatable bonds is 0. The van der Waals surface area contributed by atoms with E-state index in [9.17, 15) is 9.59 Å². The molecule has 0 saturated carbocycles. The first kappa shape index (κ1) is 6.37. The molecule has 2 amide bonds. The first-order chi connectivity index (χ1) is 5.77. The molecule has 0 unspecified atom stereocenters. The molecule has 62 valence electrons. The van der Waals surface area contributed by atoms with Crippen LogP contribution in [-0.4, -0.2) is 24.0 Å². The Hall–Kier alpha value is -1.16. The summed E-state index contributed by atoms with van der Waals surface area (Å²) in [5.74, 6) is -0.872. The van der Waals surface area contributed by atoms with Crippen LogP contribution in [0.5, 0.6) is 0 Å². The molecule has 4 nitrogen and oxygen atoms in total. The molecule has 2 saturated heterocycles. The highest BCUT2D eigenvalue weighted by molar-refractivity contribution is 6.06. The molecule has 2 bridgehead atoms. The summed E-state index contributed by atoms with van der Waals surface area (Å²) in [5.41, 5.74) is 0. The van der Waals surface area contributed by atoms with E-state index in [1.807, 2.05) is 12.2 Å². The largest absolute Gasteiger partial charge is 0.365 e. The Bertz CT molecular complexity index is 281. The molecule has 0 aliphatic carbocycles. The fraction of sp³-hybridized carbons (Fsp3) is 0.500. The highest BCUT2D eigenvalue weighted by Gasteiger charge is 2.57. The predicted molar refractivity (Wildman–Crippen MR) is 37.9 cm³/mol. The summed E-state index contributed by atoms with van der Waals surface area (Å²) in [4.78, 5) is 22.4. The Morgan fingerprint density at radius 1 is 1.08 bits per heavy atom. The number of carbonyl (C=O) groups is 2. The summed E-state index contributed by atoms with van der Waals surface area (Å²) in [6, 6.07) is 0. The van der Waals surface area contributed by atoms with E-state index < -0.39 is 0 Å². The van der Waals surface area contributed by atoms with Crippen LogP contribution in [-0.2, 0) is 14.3 Å². The topological polar surface area (TPSA) is 55.4 Å². The molecule has 12 heavy (non-hydrogen) atoms. The fourth-order valence-electron chi connectivity index (χ4n) is 2.22. The van der Waals surface area contributed by atoms with Crippen molar-refractivity contribution in [2.75, 3.05) is 0 Å². The van der Waals surface area contributed by atoms with Gasteiger partial charge in [-0.1, -0.05) is 12.2 Å². The maximum Gasteiger partial charge on any atom is 0.233 e. The molecular formula is C8H7NO3. The zero-order valence-corrected chi connectivity index (χ0v) is 6.19. The van der Waals surface area contributed by atoms with Gasteiger partial charge in [-0.3, -0.25) is 14.9 Å². The molecule has 2 fully saturated rings. The molecule has 4 atom stereocenters. The molecule has 3 rings (SSSR count). The second kappa shape index (κ2) is 1.77. The van der Waals surface area contributed by atoms with Crippen molar-refractivity contribution in [2.45, 2.75) is 12.2 Å². The number of nitrogens with one attached hydrogen (secondary N) is 1. The van der Waals surface area contributed by atoms with Gasteiger partial charge in [0.1, 0.15) is 0 Å². The standard InChI is InChI=1S/C8H7NO3/c10-7-5-3-1-2-4(12-3)6(5)8(11)9-7/h1-6H,(H,9,10,11)/t3-,4-,5-,6+/m1/s1. The van der Waals surface area contributed by atoms with E-state index >= 15 is 0 Å². The van der Waals surface area contributed by atoms with Crippen molar-refractivity contribution >= 4 is 11.8 Å². The molecular weight excluding hydrogens is 158 g/mol. The SMILES string of the molecule is O=C1NC(=O)[C@H]2[C@@H]1[C@H]1C=C[C@H]2O1. The number of carbonyl (C=O) groups excluding carboxylic acids is 2. The first-order valence-electron chi connectivity index (χ1n) is 3.96. The molecule has 0 spiro atoms. The molecule has 0 aromatic rings. The van der Waals surface area contributed by atoms with Crippen LogP contribution in [0.25, 0.3) is 0 Å². The Balaban J connectivity index is 2.08. The van der Waals surface area contributed by atoms with Gasteiger partial charge in [0.2, 0.25) is 11.8 Å². The third-order valence-corrected chi connectivity index (χ3v) is 2.75.